The molecule has 7 nitrogen and oxygen atoms in total. The number of methoxy groups -OCH3 is 1. The number of aromatic nitrogens is 1. The molecule has 7 heteroatoms. The Hall–Kier alpha value is -2.67. The number of unbranched alkanes of at least 4 members (excludes halogenated alkanes) is 3. The van der Waals surface area contributed by atoms with E-state index in [-0.39, 0.29) is 18.4 Å². The van der Waals surface area contributed by atoms with Gasteiger partial charge in [-0.3, -0.25) is 9.59 Å². The van der Waals surface area contributed by atoms with Gasteiger partial charge in [-0.15, -0.1) is 0 Å². The third-order valence-electron chi connectivity index (χ3n) is 4.81. The highest BCUT2D eigenvalue weighted by atomic mass is 16.5. The number of aryl methyl sites for hydroxylation is 2. The van der Waals surface area contributed by atoms with Crippen molar-refractivity contribution in [2.75, 3.05) is 32.1 Å². The van der Waals surface area contributed by atoms with Gasteiger partial charge >= 0.3 is 0 Å². The first-order chi connectivity index (χ1) is 14.5. The maximum atomic E-state index is 13.0. The summed E-state index contributed by atoms with van der Waals surface area (Å²) >= 11 is 0. The van der Waals surface area contributed by atoms with E-state index in [1.807, 2.05) is 24.3 Å². The van der Waals surface area contributed by atoms with Crippen molar-refractivity contribution in [1.29, 1.82) is 0 Å². The van der Waals surface area contributed by atoms with Gasteiger partial charge in [0, 0.05) is 31.9 Å². The number of nitrogens with zero attached hydrogens (tertiary/aromatic N) is 2. The Morgan fingerprint density at radius 1 is 1.13 bits per heavy atom. The van der Waals surface area contributed by atoms with Gasteiger partial charge in [0.2, 0.25) is 5.91 Å². The summed E-state index contributed by atoms with van der Waals surface area (Å²) in [5.74, 6) is 0.457. The fourth-order valence-electron chi connectivity index (χ4n) is 3.19. The monoisotopic (exact) mass is 415 g/mol. The molecule has 1 aromatic carbocycles. The second-order valence-electron chi connectivity index (χ2n) is 7.45. The maximum absolute atomic E-state index is 13.0. The predicted molar refractivity (Wildman–Crippen MR) is 117 cm³/mol. The van der Waals surface area contributed by atoms with Crippen LogP contribution in [0.3, 0.4) is 0 Å². The number of carbonyl (C=O) groups excluding carboxylic acids is 2. The van der Waals surface area contributed by atoms with E-state index in [1.165, 1.54) is 29.7 Å². The van der Waals surface area contributed by atoms with Crippen LogP contribution in [0.5, 0.6) is 0 Å². The second kappa shape index (κ2) is 12.8. The first kappa shape index (κ1) is 23.6. The van der Waals surface area contributed by atoms with E-state index in [4.69, 9.17) is 9.26 Å². The van der Waals surface area contributed by atoms with Crippen LogP contribution >= 0.6 is 0 Å². The Labute approximate surface area is 178 Å². The Morgan fingerprint density at radius 2 is 1.90 bits per heavy atom. The standard InChI is InChI=1S/C23H33N3O4/c1-4-5-6-7-9-19-10-12-20(13-11-19)23(28)26(14-8-15-29-3)17-22(27)24-21-16-18(2)30-25-21/h10-13,16H,4-9,14-15,17H2,1-3H3,(H,24,25,27). The van der Waals surface area contributed by atoms with Gasteiger partial charge in [0.15, 0.2) is 5.82 Å². The van der Waals surface area contributed by atoms with Gasteiger partial charge in [0.05, 0.1) is 0 Å². The molecule has 0 atom stereocenters. The van der Waals surface area contributed by atoms with Crippen LogP contribution in [0.15, 0.2) is 34.9 Å². The zero-order chi connectivity index (χ0) is 21.8. The highest BCUT2D eigenvalue weighted by Crippen LogP contribution is 2.13. The normalized spacial score (nSPS) is 10.8. The molecule has 0 aliphatic rings. The molecule has 0 unspecified atom stereocenters. The number of rotatable bonds is 13. The highest BCUT2D eigenvalue weighted by molar-refractivity contribution is 5.99. The number of ether oxygens (including phenoxy) is 1. The summed E-state index contributed by atoms with van der Waals surface area (Å²) in [5.41, 5.74) is 1.81. The van der Waals surface area contributed by atoms with Crippen LogP contribution in [0, 0.1) is 6.92 Å². The summed E-state index contributed by atoms with van der Waals surface area (Å²) in [7, 11) is 1.62. The van der Waals surface area contributed by atoms with Gasteiger partial charge in [-0.25, -0.2) is 0 Å². The first-order valence-corrected chi connectivity index (χ1v) is 10.6. The lowest BCUT2D eigenvalue weighted by Crippen LogP contribution is -2.39. The molecule has 1 aromatic heterocycles. The maximum Gasteiger partial charge on any atom is 0.254 e. The van der Waals surface area contributed by atoms with Gasteiger partial charge in [-0.05, 0) is 43.9 Å². The van der Waals surface area contributed by atoms with Crippen LogP contribution in [-0.4, -0.2) is 48.7 Å². The summed E-state index contributed by atoms with van der Waals surface area (Å²) in [6.07, 6.45) is 6.52. The molecule has 0 aliphatic carbocycles. The van der Waals surface area contributed by atoms with Crippen LogP contribution in [0.4, 0.5) is 5.82 Å². The molecule has 0 aliphatic heterocycles. The molecule has 0 saturated carbocycles. The van der Waals surface area contributed by atoms with Crippen LogP contribution in [-0.2, 0) is 16.0 Å². The smallest absolute Gasteiger partial charge is 0.254 e. The molecule has 164 valence electrons. The van der Waals surface area contributed by atoms with E-state index in [0.29, 0.717) is 36.7 Å². The predicted octanol–water partition coefficient (Wildman–Crippen LogP) is 4.22. The summed E-state index contributed by atoms with van der Waals surface area (Å²) in [6, 6.07) is 9.34. The minimum Gasteiger partial charge on any atom is -0.385 e. The number of anilines is 1. The number of hydrogen-bond donors (Lipinski definition) is 1. The molecule has 0 fully saturated rings. The topological polar surface area (TPSA) is 84.7 Å². The number of amides is 2. The van der Waals surface area contributed by atoms with Crippen molar-refractivity contribution in [3.63, 3.8) is 0 Å². The van der Waals surface area contributed by atoms with Crippen LogP contribution in [0.1, 0.15) is 60.7 Å². The average molecular weight is 416 g/mol. The molecule has 30 heavy (non-hydrogen) atoms. The van der Waals surface area contributed by atoms with Crippen molar-refractivity contribution >= 4 is 17.6 Å². The van der Waals surface area contributed by atoms with Crippen molar-refractivity contribution in [1.82, 2.24) is 10.1 Å². The second-order valence-corrected chi connectivity index (χ2v) is 7.45. The van der Waals surface area contributed by atoms with Gasteiger partial charge < -0.3 is 19.5 Å². The lowest BCUT2D eigenvalue weighted by molar-refractivity contribution is -0.117. The van der Waals surface area contributed by atoms with Crippen molar-refractivity contribution in [2.45, 2.75) is 52.4 Å². The molecule has 2 aromatic rings. The Balaban J connectivity index is 1.98. The quantitative estimate of drug-likeness (QED) is 0.495. The molecule has 0 radical (unpaired) electrons. The summed E-state index contributed by atoms with van der Waals surface area (Å²) < 4.78 is 10.0. The molecular formula is C23H33N3O4. The fourth-order valence-corrected chi connectivity index (χ4v) is 3.19. The van der Waals surface area contributed by atoms with E-state index in [0.717, 1.165) is 12.8 Å². The molecule has 0 bridgehead atoms. The number of hydrogen-bond acceptors (Lipinski definition) is 5. The van der Waals surface area contributed by atoms with Gasteiger partial charge in [-0.1, -0.05) is 43.5 Å². The van der Waals surface area contributed by atoms with Crippen molar-refractivity contribution < 1.29 is 18.8 Å². The van der Waals surface area contributed by atoms with Gasteiger partial charge in [0.25, 0.3) is 5.91 Å². The Kier molecular flexibility index (Phi) is 10.1. The van der Waals surface area contributed by atoms with E-state index >= 15 is 0 Å². The molecule has 1 heterocycles. The summed E-state index contributed by atoms with van der Waals surface area (Å²) in [4.78, 5) is 27.0. The van der Waals surface area contributed by atoms with Crippen molar-refractivity contribution in [2.24, 2.45) is 0 Å². The Bertz CT molecular complexity index is 786. The zero-order valence-corrected chi connectivity index (χ0v) is 18.3. The third-order valence-corrected chi connectivity index (χ3v) is 4.81. The largest absolute Gasteiger partial charge is 0.385 e. The summed E-state index contributed by atoms with van der Waals surface area (Å²) in [5, 5.41) is 6.42. The van der Waals surface area contributed by atoms with Gasteiger partial charge in [0.1, 0.15) is 12.3 Å². The minimum atomic E-state index is -0.318. The summed E-state index contributed by atoms with van der Waals surface area (Å²) in [6.45, 7) is 4.83. The van der Waals surface area contributed by atoms with Crippen LogP contribution in [0.25, 0.3) is 0 Å². The number of nitrogens with one attached hydrogen (secondary N) is 1. The fraction of sp³-hybridized carbons (Fsp3) is 0.522. The number of carbonyl (C=O) groups is 2. The number of benzene rings is 1. The molecule has 2 amide bonds. The molecule has 2 rings (SSSR count). The lowest BCUT2D eigenvalue weighted by Gasteiger charge is -2.22. The Morgan fingerprint density at radius 3 is 2.53 bits per heavy atom. The molecule has 0 spiro atoms. The van der Waals surface area contributed by atoms with E-state index < -0.39 is 0 Å². The van der Waals surface area contributed by atoms with Crippen molar-refractivity contribution in [3.8, 4) is 0 Å². The van der Waals surface area contributed by atoms with E-state index in [9.17, 15) is 9.59 Å². The third kappa shape index (κ3) is 7.99. The average Bonchev–Trinajstić information content (AvgIpc) is 3.15. The van der Waals surface area contributed by atoms with Crippen LogP contribution < -0.4 is 5.32 Å². The molecular weight excluding hydrogens is 382 g/mol. The van der Waals surface area contributed by atoms with E-state index in [2.05, 4.69) is 17.4 Å². The van der Waals surface area contributed by atoms with Crippen LogP contribution in [0.2, 0.25) is 0 Å². The molecule has 0 saturated heterocycles. The van der Waals surface area contributed by atoms with Gasteiger partial charge in [-0.2, -0.15) is 0 Å². The van der Waals surface area contributed by atoms with E-state index in [1.54, 1.807) is 20.1 Å². The SMILES string of the molecule is CCCCCCc1ccc(C(=O)N(CCCOC)CC(=O)Nc2cc(C)on2)cc1. The molecule has 1 N–H and O–H groups in total. The zero-order valence-electron chi connectivity index (χ0n) is 18.3. The lowest BCUT2D eigenvalue weighted by atomic mass is 10.0. The first-order valence-electron chi connectivity index (χ1n) is 10.6. The minimum absolute atomic E-state index is 0.0623. The van der Waals surface area contributed by atoms with Crippen molar-refractivity contribution in [3.05, 3.63) is 47.2 Å². The highest BCUT2D eigenvalue weighted by Gasteiger charge is 2.19.